The minimum atomic E-state index is 0.741. The third kappa shape index (κ3) is 2.96. The zero-order valence-electron chi connectivity index (χ0n) is 11.1. The van der Waals surface area contributed by atoms with E-state index in [9.17, 15) is 0 Å². The highest BCUT2D eigenvalue weighted by Gasteiger charge is 2.05. The first-order chi connectivity index (χ1) is 8.70. The van der Waals surface area contributed by atoms with Gasteiger partial charge in [0.25, 0.3) is 0 Å². The van der Waals surface area contributed by atoms with E-state index in [0.29, 0.717) is 0 Å². The molecule has 18 heavy (non-hydrogen) atoms. The molecule has 1 heterocycles. The lowest BCUT2D eigenvalue weighted by Gasteiger charge is -2.05. The third-order valence-corrected chi connectivity index (χ3v) is 3.03. The molecule has 0 saturated carbocycles. The molecule has 4 heteroatoms. The zero-order chi connectivity index (χ0) is 13.0. The Hall–Kier alpha value is -1.68. The Bertz CT molecular complexity index is 516. The predicted molar refractivity (Wildman–Crippen MR) is 72.8 cm³/mol. The van der Waals surface area contributed by atoms with Crippen LogP contribution in [0.2, 0.25) is 0 Å². The van der Waals surface area contributed by atoms with Crippen molar-refractivity contribution < 1.29 is 0 Å². The average Bonchev–Trinajstić information content (AvgIpc) is 2.78. The number of unbranched alkanes of at least 4 members (excludes halogenated alkanes) is 1. The number of nitrogens with zero attached hydrogens (tertiary/aromatic N) is 3. The van der Waals surface area contributed by atoms with E-state index < -0.39 is 0 Å². The van der Waals surface area contributed by atoms with Crippen LogP contribution in [0.4, 0.5) is 0 Å². The summed E-state index contributed by atoms with van der Waals surface area (Å²) >= 11 is 0. The summed E-state index contributed by atoms with van der Waals surface area (Å²) in [6, 6.07) is 6.34. The number of nitrogens with two attached hydrogens (primary N) is 1. The molecule has 1 aromatic carbocycles. The van der Waals surface area contributed by atoms with Gasteiger partial charge < -0.3 is 5.73 Å². The fraction of sp³-hybridized carbons (Fsp3) is 0.429. The van der Waals surface area contributed by atoms with Gasteiger partial charge in [-0.1, -0.05) is 22.9 Å². The van der Waals surface area contributed by atoms with Gasteiger partial charge in [-0.25, -0.2) is 4.68 Å². The Balaban J connectivity index is 2.13. The molecule has 0 aliphatic carbocycles. The summed E-state index contributed by atoms with van der Waals surface area (Å²) in [7, 11) is 0. The van der Waals surface area contributed by atoms with Crippen LogP contribution in [-0.2, 0) is 6.42 Å². The van der Waals surface area contributed by atoms with E-state index >= 15 is 0 Å². The van der Waals surface area contributed by atoms with Gasteiger partial charge in [0.2, 0.25) is 0 Å². The van der Waals surface area contributed by atoms with Gasteiger partial charge in [0, 0.05) is 0 Å². The van der Waals surface area contributed by atoms with Crippen LogP contribution in [0.15, 0.2) is 24.4 Å². The van der Waals surface area contributed by atoms with E-state index in [1.165, 1.54) is 11.1 Å². The minimum absolute atomic E-state index is 0.741. The second-order valence-corrected chi connectivity index (χ2v) is 4.69. The van der Waals surface area contributed by atoms with Crippen molar-refractivity contribution in [3.63, 3.8) is 0 Å². The number of aromatic nitrogens is 3. The Labute approximate surface area is 108 Å². The van der Waals surface area contributed by atoms with Crippen molar-refractivity contribution in [2.45, 2.75) is 33.1 Å². The molecule has 0 spiro atoms. The molecule has 1 aromatic heterocycles. The summed E-state index contributed by atoms with van der Waals surface area (Å²) in [4.78, 5) is 0. The Morgan fingerprint density at radius 2 is 2.06 bits per heavy atom. The van der Waals surface area contributed by atoms with E-state index in [2.05, 4.69) is 42.4 Å². The van der Waals surface area contributed by atoms with Crippen LogP contribution in [-0.4, -0.2) is 21.5 Å². The summed E-state index contributed by atoms with van der Waals surface area (Å²) in [5.74, 6) is 0. The van der Waals surface area contributed by atoms with Crippen molar-refractivity contribution in [2.24, 2.45) is 5.73 Å². The SMILES string of the molecule is Cc1ccc(-n2cc(CCCCN)nn2)c(C)c1. The van der Waals surface area contributed by atoms with Crippen LogP contribution in [0, 0.1) is 13.8 Å². The Kier molecular flexibility index (Phi) is 4.10. The van der Waals surface area contributed by atoms with Gasteiger partial charge >= 0.3 is 0 Å². The van der Waals surface area contributed by atoms with E-state index in [0.717, 1.165) is 37.2 Å². The summed E-state index contributed by atoms with van der Waals surface area (Å²) in [5.41, 5.74) is 10.1. The van der Waals surface area contributed by atoms with Crippen molar-refractivity contribution in [1.29, 1.82) is 0 Å². The van der Waals surface area contributed by atoms with Crippen LogP contribution in [0.25, 0.3) is 5.69 Å². The van der Waals surface area contributed by atoms with Gasteiger partial charge in [-0.15, -0.1) is 5.10 Å². The van der Waals surface area contributed by atoms with Crippen molar-refractivity contribution in [3.05, 3.63) is 41.2 Å². The molecule has 0 amide bonds. The highest BCUT2D eigenvalue weighted by Crippen LogP contribution is 2.15. The third-order valence-electron chi connectivity index (χ3n) is 3.03. The summed E-state index contributed by atoms with van der Waals surface area (Å²) in [6.07, 6.45) is 5.06. The number of benzene rings is 1. The maximum Gasteiger partial charge on any atom is 0.0831 e. The molecule has 4 nitrogen and oxygen atoms in total. The lowest BCUT2D eigenvalue weighted by molar-refractivity contribution is 0.727. The molecule has 0 atom stereocenters. The number of hydrogen-bond donors (Lipinski definition) is 1. The standard InChI is InChI=1S/C14H20N4/c1-11-6-7-14(12(2)9-11)18-10-13(16-17-18)5-3-4-8-15/h6-7,9-10H,3-5,8,15H2,1-2H3. The van der Waals surface area contributed by atoms with Crippen LogP contribution >= 0.6 is 0 Å². The molecule has 2 rings (SSSR count). The van der Waals surface area contributed by atoms with E-state index in [1.54, 1.807) is 0 Å². The van der Waals surface area contributed by atoms with Crippen molar-refractivity contribution in [1.82, 2.24) is 15.0 Å². The zero-order valence-corrected chi connectivity index (χ0v) is 11.1. The summed E-state index contributed by atoms with van der Waals surface area (Å²) in [5, 5.41) is 8.39. The normalized spacial score (nSPS) is 10.8. The fourth-order valence-electron chi connectivity index (χ4n) is 2.04. The second-order valence-electron chi connectivity index (χ2n) is 4.69. The average molecular weight is 244 g/mol. The molecule has 0 fully saturated rings. The Morgan fingerprint density at radius 1 is 1.22 bits per heavy atom. The summed E-state index contributed by atoms with van der Waals surface area (Å²) < 4.78 is 1.85. The van der Waals surface area contributed by atoms with Gasteiger partial charge in [0.15, 0.2) is 0 Å². The Morgan fingerprint density at radius 3 is 2.78 bits per heavy atom. The first-order valence-electron chi connectivity index (χ1n) is 6.39. The van der Waals surface area contributed by atoms with Gasteiger partial charge in [0.05, 0.1) is 17.6 Å². The molecular formula is C14H20N4. The largest absolute Gasteiger partial charge is 0.330 e. The second kappa shape index (κ2) is 5.78. The highest BCUT2D eigenvalue weighted by atomic mass is 15.4. The van der Waals surface area contributed by atoms with Crippen molar-refractivity contribution in [3.8, 4) is 5.69 Å². The summed E-state index contributed by atoms with van der Waals surface area (Å²) in [6.45, 7) is 4.93. The number of aryl methyl sites for hydroxylation is 3. The first kappa shape index (κ1) is 12.8. The van der Waals surface area contributed by atoms with E-state index in [-0.39, 0.29) is 0 Å². The lowest BCUT2D eigenvalue weighted by atomic mass is 10.1. The number of hydrogen-bond acceptors (Lipinski definition) is 3. The van der Waals surface area contributed by atoms with Gasteiger partial charge in [-0.2, -0.15) is 0 Å². The smallest absolute Gasteiger partial charge is 0.0831 e. The van der Waals surface area contributed by atoms with Crippen LogP contribution in [0.5, 0.6) is 0 Å². The highest BCUT2D eigenvalue weighted by molar-refractivity contribution is 5.41. The first-order valence-corrected chi connectivity index (χ1v) is 6.39. The van der Waals surface area contributed by atoms with Gasteiger partial charge in [-0.3, -0.25) is 0 Å². The molecule has 0 aliphatic heterocycles. The topological polar surface area (TPSA) is 56.7 Å². The minimum Gasteiger partial charge on any atom is -0.330 e. The molecular weight excluding hydrogens is 224 g/mol. The quantitative estimate of drug-likeness (QED) is 0.820. The molecule has 0 aliphatic rings. The maximum absolute atomic E-state index is 5.48. The number of rotatable bonds is 5. The van der Waals surface area contributed by atoms with Crippen LogP contribution < -0.4 is 5.73 Å². The molecule has 0 radical (unpaired) electrons. The molecule has 0 unspecified atom stereocenters. The predicted octanol–water partition coefficient (Wildman–Crippen LogP) is 2.17. The molecule has 0 bridgehead atoms. The molecule has 2 aromatic rings. The van der Waals surface area contributed by atoms with E-state index in [1.807, 2.05) is 10.9 Å². The lowest BCUT2D eigenvalue weighted by Crippen LogP contribution is -1.99. The molecule has 0 saturated heterocycles. The van der Waals surface area contributed by atoms with Crippen LogP contribution in [0.1, 0.15) is 29.7 Å². The maximum atomic E-state index is 5.48. The van der Waals surface area contributed by atoms with E-state index in [4.69, 9.17) is 5.73 Å². The van der Waals surface area contributed by atoms with Crippen LogP contribution in [0.3, 0.4) is 0 Å². The van der Waals surface area contributed by atoms with Gasteiger partial charge in [-0.05, 0) is 51.3 Å². The fourth-order valence-corrected chi connectivity index (χ4v) is 2.04. The monoisotopic (exact) mass is 244 g/mol. The molecule has 2 N–H and O–H groups in total. The van der Waals surface area contributed by atoms with Crippen molar-refractivity contribution in [2.75, 3.05) is 6.54 Å². The van der Waals surface area contributed by atoms with Gasteiger partial charge in [0.1, 0.15) is 0 Å². The molecule has 96 valence electrons. The van der Waals surface area contributed by atoms with Crippen molar-refractivity contribution >= 4 is 0 Å².